The average molecular weight is 366 g/mol. The van der Waals surface area contributed by atoms with Crippen molar-refractivity contribution in [2.75, 3.05) is 13.6 Å². The molecule has 1 aromatic rings. The number of likely N-dealkylation sites (N-methyl/N-ethyl adjacent to an activating group) is 1. The van der Waals surface area contributed by atoms with Crippen LogP contribution >= 0.6 is 0 Å². The summed E-state index contributed by atoms with van der Waals surface area (Å²) in [6.07, 6.45) is 8.02. The number of amides is 1. The minimum atomic E-state index is -3.71. The lowest BCUT2D eigenvalue weighted by Gasteiger charge is -2.45. The number of sulfonamides is 1. The molecule has 0 radical (unpaired) electrons. The second-order valence-corrected chi connectivity index (χ2v) is 9.27. The van der Waals surface area contributed by atoms with E-state index >= 15 is 0 Å². The van der Waals surface area contributed by atoms with Crippen LogP contribution in [0.4, 0.5) is 0 Å². The highest BCUT2D eigenvalue weighted by atomic mass is 32.2. The average Bonchev–Trinajstić information content (AvgIpc) is 2.56. The van der Waals surface area contributed by atoms with Crippen LogP contribution in [-0.4, -0.2) is 49.3 Å². The van der Waals surface area contributed by atoms with Crippen LogP contribution in [0.15, 0.2) is 29.4 Å². The van der Waals surface area contributed by atoms with E-state index < -0.39 is 10.0 Å². The van der Waals surface area contributed by atoms with E-state index in [0.717, 1.165) is 30.0 Å². The fraction of sp³-hybridized carbons (Fsp3) is 0.647. The van der Waals surface area contributed by atoms with E-state index in [1.807, 2.05) is 0 Å². The van der Waals surface area contributed by atoms with Gasteiger partial charge in [-0.1, -0.05) is 6.42 Å². The normalized spacial score (nSPS) is 29.4. The summed E-state index contributed by atoms with van der Waals surface area (Å²) >= 11 is 0. The first-order valence-corrected chi connectivity index (χ1v) is 10.2. The third kappa shape index (κ3) is 4.02. The van der Waals surface area contributed by atoms with Crippen molar-refractivity contribution < 1.29 is 13.2 Å². The third-order valence-corrected chi connectivity index (χ3v) is 7.20. The van der Waals surface area contributed by atoms with E-state index in [4.69, 9.17) is 5.73 Å². The summed E-state index contributed by atoms with van der Waals surface area (Å²) in [4.78, 5) is 16.4. The van der Waals surface area contributed by atoms with Crippen LogP contribution in [0.1, 0.15) is 32.1 Å². The highest BCUT2D eigenvalue weighted by Gasteiger charge is 2.40. The number of carbonyl (C=O) groups is 1. The molecule has 0 aliphatic heterocycles. The Balaban J connectivity index is 1.63. The van der Waals surface area contributed by atoms with Gasteiger partial charge in [0.25, 0.3) is 0 Å². The Morgan fingerprint density at radius 2 is 2.04 bits per heavy atom. The Labute approximate surface area is 149 Å². The number of nitrogens with one attached hydrogen (secondary N) is 1. The van der Waals surface area contributed by atoms with Gasteiger partial charge in [0.15, 0.2) is 0 Å². The van der Waals surface area contributed by atoms with E-state index in [2.05, 4.69) is 10.3 Å². The van der Waals surface area contributed by atoms with Crippen LogP contribution in [-0.2, 0) is 14.8 Å². The summed E-state index contributed by atoms with van der Waals surface area (Å²) in [6, 6.07) is 3.38. The molecule has 7 nitrogen and oxygen atoms in total. The molecule has 138 valence electrons. The van der Waals surface area contributed by atoms with E-state index in [-0.39, 0.29) is 29.4 Å². The molecular formula is C17H26N4O3S. The topological polar surface area (TPSA) is 105 Å². The van der Waals surface area contributed by atoms with Gasteiger partial charge in [0.05, 0.1) is 6.54 Å². The lowest BCUT2D eigenvalue weighted by atomic mass is 9.67. The first-order chi connectivity index (χ1) is 11.9. The minimum absolute atomic E-state index is 0.0887. The highest BCUT2D eigenvalue weighted by molar-refractivity contribution is 7.89. The van der Waals surface area contributed by atoms with E-state index in [1.54, 1.807) is 6.07 Å². The van der Waals surface area contributed by atoms with Gasteiger partial charge in [0, 0.05) is 31.5 Å². The quantitative estimate of drug-likeness (QED) is 0.799. The molecule has 2 atom stereocenters. The molecule has 2 unspecified atom stereocenters. The molecule has 3 rings (SSSR count). The Morgan fingerprint density at radius 3 is 2.64 bits per heavy atom. The summed E-state index contributed by atoms with van der Waals surface area (Å²) in [5.41, 5.74) is 6.11. The van der Waals surface area contributed by atoms with Crippen LogP contribution in [0, 0.1) is 11.8 Å². The van der Waals surface area contributed by atoms with Crippen LogP contribution < -0.4 is 11.1 Å². The van der Waals surface area contributed by atoms with Crippen molar-refractivity contribution in [3.63, 3.8) is 0 Å². The first kappa shape index (κ1) is 18.3. The SMILES string of the molecule is CN(CC(=O)NC1C2CCCC1CC(N)C2)S(=O)(=O)c1cccnc1. The van der Waals surface area contributed by atoms with E-state index in [1.165, 1.54) is 31.9 Å². The largest absolute Gasteiger partial charge is 0.352 e. The molecule has 1 heterocycles. The third-order valence-electron chi connectivity index (χ3n) is 5.41. The molecule has 2 aliphatic rings. The molecule has 8 heteroatoms. The van der Waals surface area contributed by atoms with Crippen LogP contribution in [0.3, 0.4) is 0 Å². The van der Waals surface area contributed by atoms with Gasteiger partial charge >= 0.3 is 0 Å². The zero-order valence-corrected chi connectivity index (χ0v) is 15.3. The van der Waals surface area contributed by atoms with Gasteiger partial charge in [-0.3, -0.25) is 9.78 Å². The maximum Gasteiger partial charge on any atom is 0.244 e. The highest BCUT2D eigenvalue weighted by Crippen LogP contribution is 2.39. The van der Waals surface area contributed by atoms with Crippen molar-refractivity contribution in [1.29, 1.82) is 0 Å². The molecular weight excluding hydrogens is 340 g/mol. The molecule has 1 amide bonds. The van der Waals surface area contributed by atoms with Crippen LogP contribution in [0.25, 0.3) is 0 Å². The molecule has 2 aliphatic carbocycles. The number of rotatable bonds is 5. The molecule has 25 heavy (non-hydrogen) atoms. The maximum atomic E-state index is 12.5. The Bertz CT molecular complexity index is 696. The number of fused-ring (bicyclic) bond motifs is 2. The van der Waals surface area contributed by atoms with Crippen LogP contribution in [0.5, 0.6) is 0 Å². The fourth-order valence-electron chi connectivity index (χ4n) is 4.22. The molecule has 2 saturated carbocycles. The number of pyridine rings is 1. The van der Waals surface area contributed by atoms with Crippen molar-refractivity contribution >= 4 is 15.9 Å². The zero-order valence-electron chi connectivity index (χ0n) is 14.5. The monoisotopic (exact) mass is 366 g/mol. The summed E-state index contributed by atoms with van der Waals surface area (Å²) in [5.74, 6) is 0.561. The second-order valence-electron chi connectivity index (χ2n) is 7.23. The molecule has 3 N–H and O–H groups in total. The lowest BCUT2D eigenvalue weighted by molar-refractivity contribution is -0.123. The molecule has 2 fully saturated rings. The van der Waals surface area contributed by atoms with Gasteiger partial charge in [-0.15, -0.1) is 0 Å². The van der Waals surface area contributed by atoms with Gasteiger partial charge in [0.2, 0.25) is 15.9 Å². The van der Waals surface area contributed by atoms with Crippen molar-refractivity contribution in [3.8, 4) is 0 Å². The van der Waals surface area contributed by atoms with E-state index in [9.17, 15) is 13.2 Å². The van der Waals surface area contributed by atoms with E-state index in [0.29, 0.717) is 11.8 Å². The van der Waals surface area contributed by atoms with Gasteiger partial charge in [0.1, 0.15) is 4.90 Å². The first-order valence-electron chi connectivity index (χ1n) is 8.79. The Morgan fingerprint density at radius 1 is 1.36 bits per heavy atom. The van der Waals surface area contributed by atoms with Crippen molar-refractivity contribution in [2.24, 2.45) is 17.6 Å². The predicted molar refractivity (Wildman–Crippen MR) is 94.0 cm³/mol. The smallest absolute Gasteiger partial charge is 0.244 e. The zero-order chi connectivity index (χ0) is 18.0. The van der Waals surface area contributed by atoms with Crippen molar-refractivity contribution in [1.82, 2.24) is 14.6 Å². The van der Waals surface area contributed by atoms with Crippen molar-refractivity contribution in [2.45, 2.75) is 49.1 Å². The minimum Gasteiger partial charge on any atom is -0.352 e. The molecule has 0 spiro atoms. The lowest BCUT2D eigenvalue weighted by Crippen LogP contribution is -2.55. The number of nitrogens with zero attached hydrogens (tertiary/aromatic N) is 2. The van der Waals surface area contributed by atoms with Gasteiger partial charge < -0.3 is 11.1 Å². The summed E-state index contributed by atoms with van der Waals surface area (Å²) in [5, 5.41) is 3.08. The second kappa shape index (κ2) is 7.39. The number of hydrogen-bond donors (Lipinski definition) is 2. The molecule has 1 aromatic heterocycles. The van der Waals surface area contributed by atoms with Gasteiger partial charge in [-0.05, 0) is 49.7 Å². The van der Waals surface area contributed by atoms with Crippen molar-refractivity contribution in [3.05, 3.63) is 24.5 Å². The number of hydrogen-bond acceptors (Lipinski definition) is 5. The van der Waals surface area contributed by atoms with Crippen LogP contribution in [0.2, 0.25) is 0 Å². The molecule has 0 aromatic carbocycles. The summed E-state index contributed by atoms with van der Waals surface area (Å²) < 4.78 is 26.0. The maximum absolute atomic E-state index is 12.5. The fourth-order valence-corrected chi connectivity index (χ4v) is 5.31. The predicted octanol–water partition coefficient (Wildman–Crippen LogP) is 0.724. The standard InChI is InChI=1S/C17H26N4O3S/c1-21(25(23,24)15-6-3-7-19-10-15)11-16(22)20-17-12-4-2-5-13(17)9-14(18)8-12/h3,6-7,10,12-14,17H,2,4-5,8-9,11,18H2,1H3,(H,20,22). The molecule has 0 saturated heterocycles. The van der Waals surface area contributed by atoms with Gasteiger partial charge in [-0.2, -0.15) is 4.31 Å². The Hall–Kier alpha value is -1.51. The molecule has 2 bridgehead atoms. The number of aromatic nitrogens is 1. The number of nitrogens with two attached hydrogens (primary N) is 1. The summed E-state index contributed by atoms with van der Waals surface area (Å²) in [7, 11) is -2.30. The van der Waals surface area contributed by atoms with Gasteiger partial charge in [-0.25, -0.2) is 8.42 Å². The summed E-state index contributed by atoms with van der Waals surface area (Å²) in [6.45, 7) is -0.195. The Kier molecular flexibility index (Phi) is 5.41. The number of carbonyl (C=O) groups excluding carboxylic acids is 1.